The lowest BCUT2D eigenvalue weighted by Crippen LogP contribution is -2.34. The van der Waals surface area contributed by atoms with Crippen LogP contribution in [-0.4, -0.2) is 35.9 Å². The van der Waals surface area contributed by atoms with Gasteiger partial charge in [0.05, 0.1) is 18.3 Å². The summed E-state index contributed by atoms with van der Waals surface area (Å²) in [6.45, 7) is 8.98. The molecule has 1 aromatic rings. The summed E-state index contributed by atoms with van der Waals surface area (Å²) in [5, 5.41) is 12.0. The lowest BCUT2D eigenvalue weighted by molar-refractivity contribution is -0.130. The first-order chi connectivity index (χ1) is 11.3. The number of hydrogen-bond donors (Lipinski definition) is 1. The van der Waals surface area contributed by atoms with Crippen molar-refractivity contribution in [3.63, 3.8) is 0 Å². The number of rotatable bonds is 5. The van der Waals surface area contributed by atoms with E-state index >= 15 is 0 Å². The van der Waals surface area contributed by atoms with Gasteiger partial charge in [0.2, 0.25) is 0 Å². The normalized spacial score (nSPS) is 19.5. The Hall–Kier alpha value is -1.84. The summed E-state index contributed by atoms with van der Waals surface area (Å²) in [5.74, 6) is 0.382. The van der Waals surface area contributed by atoms with Crippen LogP contribution < -0.4 is 5.32 Å². The van der Waals surface area contributed by atoms with Crippen molar-refractivity contribution in [2.24, 2.45) is 0 Å². The Morgan fingerprint density at radius 3 is 2.88 bits per heavy atom. The molecule has 24 heavy (non-hydrogen) atoms. The first-order valence-electron chi connectivity index (χ1n) is 8.48. The van der Waals surface area contributed by atoms with Gasteiger partial charge in [-0.2, -0.15) is 5.26 Å². The molecule has 0 aliphatic carbocycles. The first-order valence-corrected chi connectivity index (χ1v) is 8.48. The average Bonchev–Trinajstić information content (AvgIpc) is 2.96. The second-order valence-electron chi connectivity index (χ2n) is 7.22. The largest absolute Gasteiger partial charge is 0.376 e. The van der Waals surface area contributed by atoms with Gasteiger partial charge in [-0.15, -0.1) is 0 Å². The number of ether oxygens (including phenoxy) is 2. The van der Waals surface area contributed by atoms with E-state index < -0.39 is 6.10 Å². The minimum absolute atomic E-state index is 0.0811. The highest BCUT2D eigenvalue weighted by atomic mass is 16.5. The van der Waals surface area contributed by atoms with Crippen molar-refractivity contribution in [3.05, 3.63) is 17.8 Å². The van der Waals surface area contributed by atoms with Crippen molar-refractivity contribution >= 4 is 11.7 Å². The molecule has 1 aromatic heterocycles. The van der Waals surface area contributed by atoms with Crippen LogP contribution in [-0.2, 0) is 19.8 Å². The SMILES string of the molecule is C[C@H](OC[C@@H]1CCCCO1)C(=O)Nc1cc(C#N)cn1C(C)(C)C. The fraction of sp³-hybridized carbons (Fsp3) is 0.667. The van der Waals surface area contributed by atoms with Crippen LogP contribution in [0.15, 0.2) is 12.3 Å². The summed E-state index contributed by atoms with van der Waals surface area (Å²) in [6.07, 6.45) is 4.47. The second kappa shape index (κ2) is 7.82. The molecule has 2 heterocycles. The Morgan fingerprint density at radius 1 is 1.54 bits per heavy atom. The summed E-state index contributed by atoms with van der Waals surface area (Å²) in [5.41, 5.74) is 0.280. The lowest BCUT2D eigenvalue weighted by atomic mass is 10.1. The zero-order valence-electron chi connectivity index (χ0n) is 15.0. The van der Waals surface area contributed by atoms with Crippen LogP contribution in [0, 0.1) is 11.3 Å². The van der Waals surface area contributed by atoms with E-state index in [0.29, 0.717) is 18.0 Å². The van der Waals surface area contributed by atoms with E-state index in [0.717, 1.165) is 25.9 Å². The molecule has 2 atom stereocenters. The number of nitrogens with zero attached hydrogens (tertiary/aromatic N) is 2. The molecule has 132 valence electrons. The molecule has 0 aromatic carbocycles. The fourth-order valence-corrected chi connectivity index (χ4v) is 2.67. The van der Waals surface area contributed by atoms with Gasteiger partial charge in [0, 0.05) is 18.3 Å². The third kappa shape index (κ3) is 4.83. The van der Waals surface area contributed by atoms with Crippen LogP contribution in [0.1, 0.15) is 52.5 Å². The predicted octanol–water partition coefficient (Wildman–Crippen LogP) is 3.03. The molecule has 1 N–H and O–H groups in total. The number of hydrogen-bond acceptors (Lipinski definition) is 4. The second-order valence-corrected chi connectivity index (χ2v) is 7.22. The average molecular weight is 333 g/mol. The van der Waals surface area contributed by atoms with Gasteiger partial charge < -0.3 is 19.4 Å². The topological polar surface area (TPSA) is 76.3 Å². The van der Waals surface area contributed by atoms with Gasteiger partial charge in [0.1, 0.15) is 18.0 Å². The third-order valence-corrected chi connectivity index (χ3v) is 4.10. The predicted molar refractivity (Wildman–Crippen MR) is 91.8 cm³/mol. The molecule has 0 unspecified atom stereocenters. The summed E-state index contributed by atoms with van der Waals surface area (Å²) < 4.78 is 13.2. The highest BCUT2D eigenvalue weighted by molar-refractivity contribution is 5.93. The van der Waals surface area contributed by atoms with Gasteiger partial charge in [-0.3, -0.25) is 4.79 Å². The lowest BCUT2D eigenvalue weighted by Gasteiger charge is -2.26. The number of carbonyl (C=O) groups is 1. The van der Waals surface area contributed by atoms with Crippen LogP contribution in [0.3, 0.4) is 0 Å². The quantitative estimate of drug-likeness (QED) is 0.898. The molecule has 2 rings (SSSR count). The number of nitrogens with one attached hydrogen (secondary N) is 1. The summed E-state index contributed by atoms with van der Waals surface area (Å²) in [6, 6.07) is 3.79. The molecule has 1 aliphatic rings. The van der Waals surface area contributed by atoms with Crippen LogP contribution in [0.5, 0.6) is 0 Å². The van der Waals surface area contributed by atoms with Crippen molar-refractivity contribution in [2.75, 3.05) is 18.5 Å². The highest BCUT2D eigenvalue weighted by Crippen LogP contribution is 2.24. The van der Waals surface area contributed by atoms with Crippen molar-refractivity contribution in [2.45, 2.75) is 64.7 Å². The maximum Gasteiger partial charge on any atom is 0.254 e. The number of carbonyl (C=O) groups excluding carboxylic acids is 1. The van der Waals surface area contributed by atoms with Gasteiger partial charge >= 0.3 is 0 Å². The minimum Gasteiger partial charge on any atom is -0.376 e. The summed E-state index contributed by atoms with van der Waals surface area (Å²) in [7, 11) is 0. The summed E-state index contributed by atoms with van der Waals surface area (Å²) in [4.78, 5) is 12.4. The maximum atomic E-state index is 12.4. The molecule has 0 radical (unpaired) electrons. The van der Waals surface area contributed by atoms with Crippen molar-refractivity contribution in [3.8, 4) is 6.07 Å². The minimum atomic E-state index is -0.579. The molecule has 6 nitrogen and oxygen atoms in total. The van der Waals surface area contributed by atoms with Gasteiger partial charge in [0.15, 0.2) is 0 Å². The van der Waals surface area contributed by atoms with Gasteiger partial charge in [-0.05, 0) is 53.0 Å². The molecule has 1 aliphatic heterocycles. The van der Waals surface area contributed by atoms with E-state index in [1.807, 2.05) is 25.3 Å². The van der Waals surface area contributed by atoms with Gasteiger partial charge in [-0.1, -0.05) is 0 Å². The zero-order chi connectivity index (χ0) is 17.7. The Balaban J connectivity index is 1.96. The van der Waals surface area contributed by atoms with E-state index in [2.05, 4.69) is 11.4 Å². The Labute approximate surface area is 143 Å². The molecule has 1 amide bonds. The summed E-state index contributed by atoms with van der Waals surface area (Å²) >= 11 is 0. The number of amides is 1. The molecule has 0 saturated carbocycles. The molecule has 1 fully saturated rings. The smallest absolute Gasteiger partial charge is 0.254 e. The number of anilines is 1. The van der Waals surface area contributed by atoms with Crippen molar-refractivity contribution in [1.82, 2.24) is 4.57 Å². The Bertz CT molecular complexity index is 604. The Morgan fingerprint density at radius 2 is 2.29 bits per heavy atom. The zero-order valence-corrected chi connectivity index (χ0v) is 15.0. The monoisotopic (exact) mass is 333 g/mol. The van der Waals surface area contributed by atoms with Crippen LogP contribution in [0.25, 0.3) is 0 Å². The molecule has 6 heteroatoms. The van der Waals surface area contributed by atoms with Crippen molar-refractivity contribution in [1.29, 1.82) is 5.26 Å². The first kappa shape index (κ1) is 18.5. The molecular weight excluding hydrogens is 306 g/mol. The van der Waals surface area contributed by atoms with Crippen LogP contribution in [0.2, 0.25) is 0 Å². The number of nitriles is 1. The van der Waals surface area contributed by atoms with E-state index in [9.17, 15) is 4.79 Å². The van der Waals surface area contributed by atoms with Crippen LogP contribution >= 0.6 is 0 Å². The molecule has 1 saturated heterocycles. The number of aromatic nitrogens is 1. The van der Waals surface area contributed by atoms with E-state index in [1.165, 1.54) is 0 Å². The van der Waals surface area contributed by atoms with E-state index in [-0.39, 0.29) is 17.6 Å². The maximum absolute atomic E-state index is 12.4. The van der Waals surface area contributed by atoms with Gasteiger partial charge in [0.25, 0.3) is 5.91 Å². The standard InChI is InChI=1S/C18H27N3O3/c1-13(24-12-15-7-5-6-8-23-15)17(22)20-16-9-14(10-19)11-21(16)18(2,3)4/h9,11,13,15H,5-8,12H2,1-4H3,(H,20,22)/t13-,15-/m0/s1. The van der Waals surface area contributed by atoms with E-state index in [4.69, 9.17) is 14.7 Å². The van der Waals surface area contributed by atoms with Crippen LogP contribution in [0.4, 0.5) is 5.82 Å². The molecule has 0 spiro atoms. The Kier molecular flexibility index (Phi) is 6.03. The van der Waals surface area contributed by atoms with Gasteiger partial charge in [-0.25, -0.2) is 0 Å². The van der Waals surface area contributed by atoms with E-state index in [1.54, 1.807) is 19.2 Å². The molecule has 0 bridgehead atoms. The third-order valence-electron chi connectivity index (χ3n) is 4.10. The highest BCUT2D eigenvalue weighted by Gasteiger charge is 2.22. The van der Waals surface area contributed by atoms with Crippen molar-refractivity contribution < 1.29 is 14.3 Å². The molecular formula is C18H27N3O3. The fourth-order valence-electron chi connectivity index (χ4n) is 2.67.